The highest BCUT2D eigenvalue weighted by Crippen LogP contribution is 2.26. The molecule has 3 rings (SSSR count). The molecule has 0 radical (unpaired) electrons. The summed E-state index contributed by atoms with van der Waals surface area (Å²) in [5.41, 5.74) is 4.85. The molecule has 0 atom stereocenters. The van der Waals surface area contributed by atoms with E-state index < -0.39 is 0 Å². The Kier molecular flexibility index (Phi) is 4.50. The minimum atomic E-state index is 0.664. The molecule has 1 aromatic carbocycles. The van der Waals surface area contributed by atoms with Crippen molar-refractivity contribution < 1.29 is 9.15 Å². The summed E-state index contributed by atoms with van der Waals surface area (Å²) in [7, 11) is 0. The number of ether oxygens (including phenoxy) is 1. The van der Waals surface area contributed by atoms with Crippen LogP contribution < -0.4 is 10.2 Å². The zero-order valence-corrected chi connectivity index (χ0v) is 12.8. The van der Waals surface area contributed by atoms with E-state index in [1.54, 1.807) is 12.5 Å². The lowest BCUT2D eigenvalue weighted by atomic mass is 10.2. The Morgan fingerprint density at radius 1 is 1.32 bits per heavy atom. The van der Waals surface area contributed by atoms with Gasteiger partial charge in [0, 0.05) is 10.9 Å². The molecule has 1 N–H and O–H groups in total. The largest absolute Gasteiger partial charge is 0.494 e. The molecular weight excluding hydrogens is 298 g/mol. The van der Waals surface area contributed by atoms with E-state index in [9.17, 15) is 0 Å². The van der Waals surface area contributed by atoms with Crippen molar-refractivity contribution >= 4 is 22.7 Å². The molecule has 0 saturated carbocycles. The first kappa shape index (κ1) is 14.3. The summed E-state index contributed by atoms with van der Waals surface area (Å²) in [6, 6.07) is 11.5. The number of rotatable bonds is 6. The van der Waals surface area contributed by atoms with Crippen molar-refractivity contribution in [2.75, 3.05) is 12.0 Å². The summed E-state index contributed by atoms with van der Waals surface area (Å²) in [6.07, 6.45) is 3.22. The molecular formula is C16H15N3O2S. The van der Waals surface area contributed by atoms with Gasteiger partial charge in [-0.2, -0.15) is 5.10 Å². The van der Waals surface area contributed by atoms with E-state index in [1.807, 2.05) is 48.7 Å². The lowest BCUT2D eigenvalue weighted by molar-refractivity contribution is 0.340. The first-order valence-corrected chi connectivity index (χ1v) is 7.74. The smallest absolute Gasteiger partial charge is 0.203 e. The highest BCUT2D eigenvalue weighted by Gasteiger charge is 2.04. The number of benzene rings is 1. The van der Waals surface area contributed by atoms with Gasteiger partial charge >= 0.3 is 0 Å². The molecule has 0 spiro atoms. The minimum absolute atomic E-state index is 0.664. The number of hydrogen-bond donors (Lipinski definition) is 1. The highest BCUT2D eigenvalue weighted by molar-refractivity contribution is 7.14. The number of anilines is 1. The van der Waals surface area contributed by atoms with E-state index in [4.69, 9.17) is 9.15 Å². The van der Waals surface area contributed by atoms with Gasteiger partial charge in [-0.05, 0) is 43.3 Å². The van der Waals surface area contributed by atoms with Crippen molar-refractivity contribution in [3.05, 3.63) is 53.8 Å². The highest BCUT2D eigenvalue weighted by atomic mass is 32.1. The molecule has 2 aromatic heterocycles. The maximum absolute atomic E-state index is 5.43. The van der Waals surface area contributed by atoms with Crippen molar-refractivity contribution in [1.29, 1.82) is 0 Å². The van der Waals surface area contributed by atoms with Gasteiger partial charge in [0.05, 0.1) is 24.8 Å². The number of nitrogens with zero attached hydrogens (tertiary/aromatic N) is 2. The number of thiazole rings is 1. The summed E-state index contributed by atoms with van der Waals surface area (Å²) in [6.45, 7) is 2.63. The maximum Gasteiger partial charge on any atom is 0.203 e. The van der Waals surface area contributed by atoms with Gasteiger partial charge in [0.1, 0.15) is 11.5 Å². The van der Waals surface area contributed by atoms with Crippen LogP contribution in [-0.4, -0.2) is 17.8 Å². The van der Waals surface area contributed by atoms with E-state index in [1.165, 1.54) is 11.3 Å². The number of aromatic nitrogens is 1. The lowest BCUT2D eigenvalue weighted by Crippen LogP contribution is -1.91. The Morgan fingerprint density at radius 2 is 2.18 bits per heavy atom. The topological polar surface area (TPSA) is 59.6 Å². The summed E-state index contributed by atoms with van der Waals surface area (Å²) in [5, 5.41) is 6.80. The van der Waals surface area contributed by atoms with E-state index >= 15 is 0 Å². The Balaban J connectivity index is 1.65. The third kappa shape index (κ3) is 3.53. The predicted molar refractivity (Wildman–Crippen MR) is 88.6 cm³/mol. The van der Waals surface area contributed by atoms with E-state index in [-0.39, 0.29) is 0 Å². The van der Waals surface area contributed by atoms with Crippen molar-refractivity contribution in [3.8, 4) is 17.0 Å². The van der Waals surface area contributed by atoms with Crippen LogP contribution >= 0.6 is 11.3 Å². The summed E-state index contributed by atoms with van der Waals surface area (Å²) in [4.78, 5) is 4.50. The van der Waals surface area contributed by atoms with E-state index in [2.05, 4.69) is 15.5 Å². The number of furan rings is 1. The molecule has 112 valence electrons. The second-order valence-electron chi connectivity index (χ2n) is 4.38. The molecule has 0 aliphatic carbocycles. The minimum Gasteiger partial charge on any atom is -0.494 e. The van der Waals surface area contributed by atoms with Crippen LogP contribution in [-0.2, 0) is 0 Å². The zero-order chi connectivity index (χ0) is 15.2. The van der Waals surface area contributed by atoms with Crippen LogP contribution in [0.2, 0.25) is 0 Å². The monoisotopic (exact) mass is 313 g/mol. The van der Waals surface area contributed by atoms with Crippen molar-refractivity contribution in [2.45, 2.75) is 6.92 Å². The van der Waals surface area contributed by atoms with Gasteiger partial charge in [-0.15, -0.1) is 11.3 Å². The maximum atomic E-state index is 5.43. The van der Waals surface area contributed by atoms with Crippen molar-refractivity contribution in [3.63, 3.8) is 0 Å². The fraction of sp³-hybridized carbons (Fsp3) is 0.125. The molecule has 0 aliphatic heterocycles. The van der Waals surface area contributed by atoms with E-state index in [0.717, 1.165) is 22.1 Å². The van der Waals surface area contributed by atoms with Crippen LogP contribution in [0.5, 0.6) is 5.75 Å². The van der Waals surface area contributed by atoms with Gasteiger partial charge < -0.3 is 9.15 Å². The SMILES string of the molecule is CCOc1ccc(-c2csc(N/N=C\c3ccco3)n2)cc1. The molecule has 0 unspecified atom stereocenters. The van der Waals surface area contributed by atoms with Gasteiger partial charge in [-0.25, -0.2) is 4.98 Å². The molecule has 0 aliphatic rings. The van der Waals surface area contributed by atoms with Gasteiger partial charge in [0.2, 0.25) is 5.13 Å². The molecule has 2 heterocycles. The van der Waals surface area contributed by atoms with Gasteiger partial charge in [0.15, 0.2) is 0 Å². The average Bonchev–Trinajstić information content (AvgIpc) is 3.20. The van der Waals surface area contributed by atoms with Gasteiger partial charge in [-0.3, -0.25) is 5.43 Å². The van der Waals surface area contributed by atoms with Crippen LogP contribution in [0.4, 0.5) is 5.13 Å². The zero-order valence-electron chi connectivity index (χ0n) is 12.0. The lowest BCUT2D eigenvalue weighted by Gasteiger charge is -2.03. The Morgan fingerprint density at radius 3 is 2.91 bits per heavy atom. The Bertz CT molecular complexity index is 733. The van der Waals surface area contributed by atoms with Crippen LogP contribution in [0.1, 0.15) is 12.7 Å². The van der Waals surface area contributed by atoms with Gasteiger partial charge in [0.25, 0.3) is 0 Å². The first-order valence-electron chi connectivity index (χ1n) is 6.86. The quantitative estimate of drug-likeness (QED) is 0.546. The average molecular weight is 313 g/mol. The van der Waals surface area contributed by atoms with Crippen molar-refractivity contribution in [2.24, 2.45) is 5.10 Å². The molecule has 0 saturated heterocycles. The fourth-order valence-corrected chi connectivity index (χ4v) is 2.53. The second-order valence-corrected chi connectivity index (χ2v) is 5.24. The Hall–Kier alpha value is -2.60. The first-order chi connectivity index (χ1) is 10.8. The van der Waals surface area contributed by atoms with Crippen LogP contribution in [0.15, 0.2) is 57.6 Å². The fourth-order valence-electron chi connectivity index (χ4n) is 1.86. The van der Waals surface area contributed by atoms with Gasteiger partial charge in [-0.1, -0.05) is 0 Å². The van der Waals surface area contributed by atoms with Crippen molar-refractivity contribution in [1.82, 2.24) is 4.98 Å². The van der Waals surface area contributed by atoms with Crippen LogP contribution in [0, 0.1) is 0 Å². The normalized spacial score (nSPS) is 11.0. The van der Waals surface area contributed by atoms with E-state index in [0.29, 0.717) is 12.4 Å². The second kappa shape index (κ2) is 6.91. The third-order valence-corrected chi connectivity index (χ3v) is 3.61. The van der Waals surface area contributed by atoms with Crippen LogP contribution in [0.3, 0.4) is 0 Å². The summed E-state index contributed by atoms with van der Waals surface area (Å²) in [5.74, 6) is 1.55. The number of hydrazone groups is 1. The summed E-state index contributed by atoms with van der Waals surface area (Å²) < 4.78 is 10.6. The third-order valence-electron chi connectivity index (χ3n) is 2.86. The number of nitrogens with one attached hydrogen (secondary N) is 1. The molecule has 0 amide bonds. The number of hydrogen-bond acceptors (Lipinski definition) is 6. The standard InChI is InChI=1S/C16H15N3O2S/c1-2-20-13-7-5-12(6-8-13)15-11-22-16(18-15)19-17-10-14-4-3-9-21-14/h3-11H,2H2,1H3,(H,18,19)/b17-10-. The molecule has 0 bridgehead atoms. The Labute approximate surface area is 132 Å². The molecule has 6 heteroatoms. The van der Waals surface area contributed by atoms with Crippen LogP contribution in [0.25, 0.3) is 11.3 Å². The molecule has 3 aromatic rings. The molecule has 22 heavy (non-hydrogen) atoms. The molecule has 0 fully saturated rings. The predicted octanol–water partition coefficient (Wildman–Crippen LogP) is 4.25. The molecule has 5 nitrogen and oxygen atoms in total. The summed E-state index contributed by atoms with van der Waals surface area (Å²) >= 11 is 1.50.